The van der Waals surface area contributed by atoms with Crippen molar-refractivity contribution in [2.75, 3.05) is 21.1 Å². The van der Waals surface area contributed by atoms with Gasteiger partial charge in [-0.15, -0.1) is 0 Å². The predicted molar refractivity (Wildman–Crippen MR) is 95.1 cm³/mol. The number of rotatable bonds is 0. The molecule has 0 amide bonds. The zero-order valence-corrected chi connectivity index (χ0v) is 15.1. The SMILES string of the molecule is C=C1CCCC1=O.CC.CN(C)C.Cc1ccc(Cl)cc1. The summed E-state index contributed by atoms with van der Waals surface area (Å²) in [4.78, 5) is 12.5. The van der Waals surface area contributed by atoms with Crippen molar-refractivity contribution in [1.29, 1.82) is 0 Å². The first-order valence-electron chi connectivity index (χ1n) is 7.37. The third-order valence-electron chi connectivity index (χ3n) is 2.29. The number of carbonyl (C=O) groups excluding carboxylic acids is 1. The molecule has 2 rings (SSSR count). The molecule has 1 aromatic carbocycles. The Balaban J connectivity index is 0. The fraction of sp³-hybridized carbons (Fsp3) is 0.500. The first-order valence-corrected chi connectivity index (χ1v) is 7.74. The molecule has 1 aromatic rings. The largest absolute Gasteiger partial charge is 0.312 e. The number of carbonyl (C=O) groups is 1. The van der Waals surface area contributed by atoms with Crippen LogP contribution in [-0.2, 0) is 4.79 Å². The van der Waals surface area contributed by atoms with Gasteiger partial charge >= 0.3 is 0 Å². The maximum atomic E-state index is 10.5. The highest BCUT2D eigenvalue weighted by atomic mass is 35.5. The molecule has 0 N–H and O–H groups in total. The fourth-order valence-electron chi connectivity index (χ4n) is 1.31. The Hall–Kier alpha value is -1.12. The molecular formula is C18H30ClNO. The van der Waals surface area contributed by atoms with E-state index in [1.807, 2.05) is 71.1 Å². The van der Waals surface area contributed by atoms with Gasteiger partial charge in [-0.1, -0.05) is 49.7 Å². The summed E-state index contributed by atoms with van der Waals surface area (Å²) in [5, 5.41) is 0.801. The number of benzene rings is 1. The number of Topliss-reactive ketones (excluding diaryl/α,β-unsaturated/α-hetero) is 1. The number of hydrogen-bond donors (Lipinski definition) is 0. The van der Waals surface area contributed by atoms with Crippen molar-refractivity contribution in [3.63, 3.8) is 0 Å². The van der Waals surface area contributed by atoms with Crippen LogP contribution < -0.4 is 0 Å². The van der Waals surface area contributed by atoms with Crippen LogP contribution in [0.25, 0.3) is 0 Å². The van der Waals surface area contributed by atoms with Crippen molar-refractivity contribution in [2.24, 2.45) is 0 Å². The molecule has 0 aromatic heterocycles. The summed E-state index contributed by atoms with van der Waals surface area (Å²) in [5.41, 5.74) is 2.06. The molecule has 0 spiro atoms. The van der Waals surface area contributed by atoms with Crippen LogP contribution in [0.5, 0.6) is 0 Å². The van der Waals surface area contributed by atoms with Gasteiger partial charge in [-0.2, -0.15) is 0 Å². The van der Waals surface area contributed by atoms with E-state index < -0.39 is 0 Å². The van der Waals surface area contributed by atoms with Crippen LogP contribution >= 0.6 is 11.6 Å². The van der Waals surface area contributed by atoms with Gasteiger partial charge in [0.15, 0.2) is 5.78 Å². The quantitative estimate of drug-likeness (QED) is 0.618. The molecule has 21 heavy (non-hydrogen) atoms. The molecule has 1 aliphatic rings. The topological polar surface area (TPSA) is 20.3 Å². The summed E-state index contributed by atoms with van der Waals surface area (Å²) in [6.45, 7) is 9.62. The van der Waals surface area contributed by atoms with Crippen LogP contribution in [0.15, 0.2) is 36.4 Å². The second-order valence-electron chi connectivity index (χ2n) is 5.02. The molecule has 1 fully saturated rings. The summed E-state index contributed by atoms with van der Waals surface area (Å²) >= 11 is 5.61. The molecule has 1 aliphatic carbocycles. The first kappa shape index (κ1) is 22.2. The predicted octanol–water partition coefficient (Wildman–Crippen LogP) is 5.15. The second kappa shape index (κ2) is 13.8. The number of aryl methyl sites for hydroxylation is 1. The van der Waals surface area contributed by atoms with E-state index in [9.17, 15) is 4.79 Å². The fourth-order valence-corrected chi connectivity index (χ4v) is 1.44. The maximum absolute atomic E-state index is 10.5. The molecule has 120 valence electrons. The lowest BCUT2D eigenvalue weighted by Crippen LogP contribution is -1.99. The van der Waals surface area contributed by atoms with Gasteiger partial charge in [0.05, 0.1) is 0 Å². The maximum Gasteiger partial charge on any atom is 0.158 e. The Bertz CT molecular complexity index is 358. The average Bonchev–Trinajstić information content (AvgIpc) is 2.80. The summed E-state index contributed by atoms with van der Waals surface area (Å²) < 4.78 is 0. The first-order chi connectivity index (χ1) is 9.82. The normalized spacial score (nSPS) is 12.6. The van der Waals surface area contributed by atoms with Gasteiger partial charge in [0, 0.05) is 11.4 Å². The number of ketones is 1. The van der Waals surface area contributed by atoms with E-state index in [1.54, 1.807) is 0 Å². The number of hydrogen-bond acceptors (Lipinski definition) is 2. The molecule has 1 saturated carbocycles. The van der Waals surface area contributed by atoms with E-state index in [2.05, 4.69) is 6.58 Å². The average molecular weight is 312 g/mol. The monoisotopic (exact) mass is 311 g/mol. The number of halogens is 1. The number of nitrogens with zero attached hydrogens (tertiary/aromatic N) is 1. The summed E-state index contributed by atoms with van der Waals surface area (Å²) in [7, 11) is 6.00. The molecule has 0 atom stereocenters. The van der Waals surface area contributed by atoms with Gasteiger partial charge in [0.25, 0.3) is 0 Å². The molecule has 3 heteroatoms. The molecule has 2 nitrogen and oxygen atoms in total. The van der Waals surface area contributed by atoms with Crippen LogP contribution in [0.4, 0.5) is 0 Å². The molecule has 0 aliphatic heterocycles. The molecule has 0 saturated heterocycles. The molecular weight excluding hydrogens is 282 g/mol. The lowest BCUT2D eigenvalue weighted by Gasteiger charge is -1.90. The van der Waals surface area contributed by atoms with Crippen LogP contribution in [0.2, 0.25) is 5.02 Å². The second-order valence-corrected chi connectivity index (χ2v) is 5.45. The number of allylic oxidation sites excluding steroid dienone is 1. The van der Waals surface area contributed by atoms with Gasteiger partial charge in [-0.25, -0.2) is 0 Å². The highest BCUT2D eigenvalue weighted by Gasteiger charge is 2.13. The van der Waals surface area contributed by atoms with E-state index in [4.69, 9.17) is 11.6 Å². The standard InChI is InChI=1S/C7H7Cl.C6H8O.C3H9N.C2H6/c1-6-2-4-7(8)5-3-6;1-5-3-2-4-6(5)7;1-4(2)3;1-2/h2-5H,1H3;1-4H2;1-3H3;1-2H3. The summed E-state index contributed by atoms with van der Waals surface area (Å²) in [6, 6.07) is 7.75. The Morgan fingerprint density at radius 3 is 1.67 bits per heavy atom. The van der Waals surface area contributed by atoms with Gasteiger partial charge in [0.1, 0.15) is 0 Å². The minimum Gasteiger partial charge on any atom is -0.312 e. The minimum atomic E-state index is 0.264. The molecule has 0 bridgehead atoms. The molecule has 0 heterocycles. The van der Waals surface area contributed by atoms with Gasteiger partial charge in [0.2, 0.25) is 0 Å². The van der Waals surface area contributed by atoms with Crippen LogP contribution in [0.3, 0.4) is 0 Å². The minimum absolute atomic E-state index is 0.264. The Morgan fingerprint density at radius 2 is 1.48 bits per heavy atom. The van der Waals surface area contributed by atoms with Gasteiger partial charge in [-0.3, -0.25) is 4.79 Å². The Kier molecular flexibility index (Phi) is 14.6. The van der Waals surface area contributed by atoms with Gasteiger partial charge < -0.3 is 4.90 Å². The van der Waals surface area contributed by atoms with Crippen molar-refractivity contribution in [2.45, 2.75) is 40.0 Å². The van der Waals surface area contributed by atoms with Gasteiger partial charge in [-0.05, 0) is 58.6 Å². The van der Waals surface area contributed by atoms with Crippen LogP contribution in [0.1, 0.15) is 38.7 Å². The Labute approximate surface area is 135 Å². The van der Waals surface area contributed by atoms with Crippen molar-refractivity contribution in [1.82, 2.24) is 4.90 Å². The van der Waals surface area contributed by atoms with E-state index in [0.29, 0.717) is 0 Å². The summed E-state index contributed by atoms with van der Waals surface area (Å²) in [5.74, 6) is 0.264. The Morgan fingerprint density at radius 1 is 1.05 bits per heavy atom. The summed E-state index contributed by atoms with van der Waals surface area (Å²) in [6.07, 6.45) is 2.69. The van der Waals surface area contributed by atoms with Crippen molar-refractivity contribution < 1.29 is 4.79 Å². The van der Waals surface area contributed by atoms with Crippen molar-refractivity contribution in [3.05, 3.63) is 47.0 Å². The third kappa shape index (κ3) is 15.1. The van der Waals surface area contributed by atoms with E-state index in [1.165, 1.54) is 5.56 Å². The van der Waals surface area contributed by atoms with Crippen LogP contribution in [0, 0.1) is 6.92 Å². The van der Waals surface area contributed by atoms with E-state index >= 15 is 0 Å². The van der Waals surface area contributed by atoms with E-state index in [-0.39, 0.29) is 5.78 Å². The van der Waals surface area contributed by atoms with Crippen molar-refractivity contribution in [3.8, 4) is 0 Å². The highest BCUT2D eigenvalue weighted by Crippen LogP contribution is 2.17. The van der Waals surface area contributed by atoms with Crippen molar-refractivity contribution >= 4 is 17.4 Å². The molecule has 0 unspecified atom stereocenters. The zero-order chi connectivity index (χ0) is 16.8. The highest BCUT2D eigenvalue weighted by molar-refractivity contribution is 6.30. The smallest absolute Gasteiger partial charge is 0.158 e. The third-order valence-corrected chi connectivity index (χ3v) is 2.54. The lowest BCUT2D eigenvalue weighted by atomic mass is 10.2. The van der Waals surface area contributed by atoms with Crippen LogP contribution in [-0.4, -0.2) is 31.8 Å². The van der Waals surface area contributed by atoms with E-state index in [0.717, 1.165) is 29.9 Å². The molecule has 0 radical (unpaired) electrons. The lowest BCUT2D eigenvalue weighted by molar-refractivity contribution is -0.114. The zero-order valence-electron chi connectivity index (χ0n) is 14.4.